The molecule has 2 nitrogen and oxygen atoms in total. The lowest BCUT2D eigenvalue weighted by Gasteiger charge is -2.16. The van der Waals surface area contributed by atoms with Gasteiger partial charge in [0.1, 0.15) is 5.75 Å². The van der Waals surface area contributed by atoms with Crippen molar-refractivity contribution < 1.29 is 4.74 Å². The maximum atomic E-state index is 5.36. The Morgan fingerprint density at radius 2 is 1.86 bits per heavy atom. The van der Waals surface area contributed by atoms with E-state index in [0.29, 0.717) is 0 Å². The van der Waals surface area contributed by atoms with E-state index in [1.165, 1.54) is 22.4 Å². The van der Waals surface area contributed by atoms with Gasteiger partial charge in [-0.1, -0.05) is 0 Å². The lowest BCUT2D eigenvalue weighted by molar-refractivity contribution is 0.408. The Balaban J connectivity index is 3.25. The maximum absolute atomic E-state index is 5.36. The Bertz CT molecular complexity index is 332. The summed E-state index contributed by atoms with van der Waals surface area (Å²) in [5.74, 6) is 1.00. The van der Waals surface area contributed by atoms with E-state index in [1.807, 2.05) is 0 Å². The predicted octanol–water partition coefficient (Wildman–Crippen LogP) is 3.05. The molecule has 0 aliphatic carbocycles. The molecule has 0 unspecified atom stereocenters. The summed E-state index contributed by atoms with van der Waals surface area (Å²) in [6.07, 6.45) is 0. The Labute approximate surface area is 86.3 Å². The maximum Gasteiger partial charge on any atom is 0.125 e. The molecule has 1 aromatic rings. The average Bonchev–Trinajstić information content (AvgIpc) is 2.15. The van der Waals surface area contributed by atoms with Crippen LogP contribution in [-0.2, 0) is 0 Å². The molecule has 0 saturated carbocycles. The van der Waals surface area contributed by atoms with E-state index in [1.54, 1.807) is 7.11 Å². The van der Waals surface area contributed by atoms with Crippen molar-refractivity contribution in [3.05, 3.63) is 22.8 Å². The highest BCUT2D eigenvalue weighted by Crippen LogP contribution is 2.31. The van der Waals surface area contributed by atoms with Crippen LogP contribution in [0.5, 0.6) is 5.75 Å². The monoisotopic (exact) mass is 193 g/mol. The summed E-state index contributed by atoms with van der Waals surface area (Å²) in [7, 11) is 1.72. The van der Waals surface area contributed by atoms with Crippen molar-refractivity contribution in [2.24, 2.45) is 0 Å². The van der Waals surface area contributed by atoms with Gasteiger partial charge in [0.15, 0.2) is 0 Å². The molecule has 14 heavy (non-hydrogen) atoms. The second-order valence-electron chi connectivity index (χ2n) is 3.55. The largest absolute Gasteiger partial charge is 0.496 e. The minimum atomic E-state index is 0.950. The second kappa shape index (κ2) is 4.36. The van der Waals surface area contributed by atoms with Gasteiger partial charge in [0, 0.05) is 12.2 Å². The van der Waals surface area contributed by atoms with Crippen LogP contribution in [0, 0.1) is 20.8 Å². The number of hydrogen-bond acceptors (Lipinski definition) is 2. The minimum absolute atomic E-state index is 0.950. The van der Waals surface area contributed by atoms with E-state index in [-0.39, 0.29) is 0 Å². The number of benzene rings is 1. The van der Waals surface area contributed by atoms with Gasteiger partial charge in [-0.3, -0.25) is 0 Å². The van der Waals surface area contributed by atoms with Gasteiger partial charge >= 0.3 is 0 Å². The summed E-state index contributed by atoms with van der Waals surface area (Å²) in [6.45, 7) is 9.35. The highest BCUT2D eigenvalue weighted by Gasteiger charge is 2.09. The molecular formula is C12H19NO. The minimum Gasteiger partial charge on any atom is -0.496 e. The van der Waals surface area contributed by atoms with Crippen LogP contribution in [0.2, 0.25) is 0 Å². The first-order chi connectivity index (χ1) is 6.61. The first-order valence-electron chi connectivity index (χ1n) is 5.00. The molecule has 0 fully saturated rings. The van der Waals surface area contributed by atoms with Gasteiger partial charge in [0.05, 0.1) is 7.11 Å². The molecule has 0 atom stereocenters. The Hall–Kier alpha value is -1.18. The van der Waals surface area contributed by atoms with Crippen molar-refractivity contribution in [3.63, 3.8) is 0 Å². The molecule has 0 bridgehead atoms. The Kier molecular flexibility index (Phi) is 3.39. The molecule has 0 heterocycles. The number of nitrogens with one attached hydrogen (secondary N) is 1. The molecule has 0 amide bonds. The van der Waals surface area contributed by atoms with Crippen molar-refractivity contribution in [3.8, 4) is 5.75 Å². The molecule has 1 aromatic carbocycles. The smallest absolute Gasteiger partial charge is 0.125 e. The number of rotatable bonds is 3. The highest BCUT2D eigenvalue weighted by molar-refractivity contribution is 5.61. The Morgan fingerprint density at radius 1 is 1.21 bits per heavy atom. The number of anilines is 1. The molecule has 2 heteroatoms. The van der Waals surface area contributed by atoms with Crippen LogP contribution >= 0.6 is 0 Å². The molecule has 0 saturated heterocycles. The molecule has 0 radical (unpaired) electrons. The van der Waals surface area contributed by atoms with E-state index >= 15 is 0 Å². The van der Waals surface area contributed by atoms with Gasteiger partial charge in [0.2, 0.25) is 0 Å². The normalized spacial score (nSPS) is 10.1. The first-order valence-corrected chi connectivity index (χ1v) is 5.00. The summed E-state index contributed by atoms with van der Waals surface area (Å²) in [5.41, 5.74) is 4.90. The average molecular weight is 193 g/mol. The fourth-order valence-electron chi connectivity index (χ4n) is 1.75. The standard InChI is InChI=1S/C12H19NO/c1-6-13-11-7-8(2)12(14-5)10(4)9(11)3/h7,13H,6H2,1-5H3. The zero-order chi connectivity index (χ0) is 10.7. The van der Waals surface area contributed by atoms with E-state index in [2.05, 4.69) is 39.1 Å². The summed E-state index contributed by atoms with van der Waals surface area (Å²) < 4.78 is 5.36. The van der Waals surface area contributed by atoms with Crippen LogP contribution in [0.1, 0.15) is 23.6 Å². The van der Waals surface area contributed by atoms with Gasteiger partial charge in [0.25, 0.3) is 0 Å². The molecular weight excluding hydrogens is 174 g/mol. The Morgan fingerprint density at radius 3 is 2.36 bits per heavy atom. The van der Waals surface area contributed by atoms with Crippen molar-refractivity contribution in [1.82, 2.24) is 0 Å². The van der Waals surface area contributed by atoms with Gasteiger partial charge in [-0.15, -0.1) is 0 Å². The molecule has 0 aromatic heterocycles. The lowest BCUT2D eigenvalue weighted by atomic mass is 10.0. The lowest BCUT2D eigenvalue weighted by Crippen LogP contribution is -2.02. The van der Waals surface area contributed by atoms with Crippen LogP contribution in [0.4, 0.5) is 5.69 Å². The number of hydrogen-bond donors (Lipinski definition) is 1. The third kappa shape index (κ3) is 1.84. The van der Waals surface area contributed by atoms with Crippen LogP contribution in [0.25, 0.3) is 0 Å². The third-order valence-electron chi connectivity index (χ3n) is 2.60. The van der Waals surface area contributed by atoms with Crippen LogP contribution in [-0.4, -0.2) is 13.7 Å². The van der Waals surface area contributed by atoms with Crippen LogP contribution in [0.3, 0.4) is 0 Å². The first kappa shape index (κ1) is 10.9. The topological polar surface area (TPSA) is 21.3 Å². The van der Waals surface area contributed by atoms with Gasteiger partial charge in [-0.2, -0.15) is 0 Å². The SMILES string of the molecule is CCNc1cc(C)c(OC)c(C)c1C. The van der Waals surface area contributed by atoms with Crippen molar-refractivity contribution in [2.75, 3.05) is 19.0 Å². The molecule has 0 aliphatic heterocycles. The zero-order valence-electron chi connectivity index (χ0n) is 9.69. The van der Waals surface area contributed by atoms with E-state index in [0.717, 1.165) is 12.3 Å². The molecule has 1 N–H and O–H groups in total. The van der Waals surface area contributed by atoms with Crippen molar-refractivity contribution >= 4 is 5.69 Å². The fraction of sp³-hybridized carbons (Fsp3) is 0.500. The molecule has 0 spiro atoms. The number of ether oxygens (including phenoxy) is 1. The van der Waals surface area contributed by atoms with Crippen LogP contribution in [0.15, 0.2) is 6.07 Å². The summed E-state index contributed by atoms with van der Waals surface area (Å²) in [5, 5.41) is 3.35. The summed E-state index contributed by atoms with van der Waals surface area (Å²) >= 11 is 0. The van der Waals surface area contributed by atoms with E-state index in [4.69, 9.17) is 4.74 Å². The highest BCUT2D eigenvalue weighted by atomic mass is 16.5. The van der Waals surface area contributed by atoms with Gasteiger partial charge in [-0.05, 0) is 50.5 Å². The molecule has 78 valence electrons. The van der Waals surface area contributed by atoms with Gasteiger partial charge in [-0.25, -0.2) is 0 Å². The number of aryl methyl sites for hydroxylation is 1. The molecule has 0 aliphatic rings. The third-order valence-corrected chi connectivity index (χ3v) is 2.60. The van der Waals surface area contributed by atoms with E-state index in [9.17, 15) is 0 Å². The second-order valence-corrected chi connectivity index (χ2v) is 3.55. The van der Waals surface area contributed by atoms with Gasteiger partial charge < -0.3 is 10.1 Å². The molecule has 1 rings (SSSR count). The summed E-state index contributed by atoms with van der Waals surface area (Å²) in [4.78, 5) is 0. The summed E-state index contributed by atoms with van der Waals surface area (Å²) in [6, 6.07) is 2.14. The van der Waals surface area contributed by atoms with Crippen molar-refractivity contribution in [2.45, 2.75) is 27.7 Å². The fourth-order valence-corrected chi connectivity index (χ4v) is 1.75. The quantitative estimate of drug-likeness (QED) is 0.796. The van der Waals surface area contributed by atoms with Crippen LogP contribution < -0.4 is 10.1 Å². The predicted molar refractivity (Wildman–Crippen MR) is 61.4 cm³/mol. The zero-order valence-corrected chi connectivity index (χ0v) is 9.69. The number of methoxy groups -OCH3 is 1. The van der Waals surface area contributed by atoms with E-state index < -0.39 is 0 Å². The van der Waals surface area contributed by atoms with Crippen molar-refractivity contribution in [1.29, 1.82) is 0 Å².